The number of urea groups is 1. The largest absolute Gasteiger partial charge is 0.491 e. The van der Waals surface area contributed by atoms with Gasteiger partial charge in [0.15, 0.2) is 0 Å². The van der Waals surface area contributed by atoms with Crippen molar-refractivity contribution in [3.8, 4) is 5.75 Å². The van der Waals surface area contributed by atoms with Gasteiger partial charge in [0.2, 0.25) is 0 Å². The van der Waals surface area contributed by atoms with Crippen LogP contribution >= 0.6 is 0 Å². The summed E-state index contributed by atoms with van der Waals surface area (Å²) in [5, 5.41) is 6.56. The molecule has 2 fully saturated rings. The van der Waals surface area contributed by atoms with Crippen LogP contribution in [0.5, 0.6) is 5.75 Å². The summed E-state index contributed by atoms with van der Waals surface area (Å²) >= 11 is 0. The first kappa shape index (κ1) is 19.0. The summed E-state index contributed by atoms with van der Waals surface area (Å²) in [7, 11) is 0. The molecule has 0 spiro atoms. The molecule has 144 valence electrons. The molecule has 2 N–H and O–H groups in total. The Morgan fingerprint density at radius 3 is 2.62 bits per heavy atom. The molecule has 1 atom stereocenters. The van der Waals surface area contributed by atoms with E-state index in [1.54, 1.807) is 0 Å². The minimum absolute atomic E-state index is 0.0159. The average Bonchev–Trinajstić information content (AvgIpc) is 2.64. The molecule has 0 aliphatic carbocycles. The highest BCUT2D eigenvalue weighted by Gasteiger charge is 2.29. The minimum Gasteiger partial charge on any atom is -0.491 e. The van der Waals surface area contributed by atoms with E-state index in [0.29, 0.717) is 0 Å². The zero-order valence-corrected chi connectivity index (χ0v) is 16.4. The van der Waals surface area contributed by atoms with Gasteiger partial charge in [-0.3, -0.25) is 0 Å². The van der Waals surface area contributed by atoms with Gasteiger partial charge in [0.05, 0.1) is 6.10 Å². The van der Waals surface area contributed by atoms with Gasteiger partial charge in [-0.15, -0.1) is 0 Å². The predicted molar refractivity (Wildman–Crippen MR) is 106 cm³/mol. The van der Waals surface area contributed by atoms with E-state index >= 15 is 0 Å². The quantitative estimate of drug-likeness (QED) is 0.853. The number of hydrogen-bond acceptors (Lipinski definition) is 3. The zero-order valence-electron chi connectivity index (χ0n) is 16.4. The average molecular weight is 360 g/mol. The summed E-state index contributed by atoms with van der Waals surface area (Å²) in [4.78, 5) is 14.6. The van der Waals surface area contributed by atoms with E-state index in [4.69, 9.17) is 4.74 Å². The molecule has 5 nitrogen and oxygen atoms in total. The monoisotopic (exact) mass is 359 g/mol. The van der Waals surface area contributed by atoms with E-state index in [9.17, 15) is 4.79 Å². The maximum Gasteiger partial charge on any atom is 0.321 e. The number of carbonyl (C=O) groups excluding carboxylic acids is 1. The number of amides is 2. The van der Waals surface area contributed by atoms with E-state index in [0.717, 1.165) is 67.9 Å². The van der Waals surface area contributed by atoms with Crippen LogP contribution in [0.3, 0.4) is 0 Å². The molecule has 1 unspecified atom stereocenters. The number of aryl methyl sites for hydroxylation is 1. The summed E-state index contributed by atoms with van der Waals surface area (Å²) in [6.45, 7) is 10.1. The van der Waals surface area contributed by atoms with Crippen molar-refractivity contribution in [2.24, 2.45) is 11.8 Å². The molecule has 0 saturated carbocycles. The predicted octanol–water partition coefficient (Wildman–Crippen LogP) is 4.03. The first-order chi connectivity index (χ1) is 12.5. The van der Waals surface area contributed by atoms with E-state index in [-0.39, 0.29) is 12.1 Å². The SMILES string of the molecule is Cc1cc(NC(=O)N2CCC(C3CCCNC3)CC2)ccc1OC(C)C. The second kappa shape index (κ2) is 8.76. The Morgan fingerprint density at radius 2 is 2.00 bits per heavy atom. The summed E-state index contributed by atoms with van der Waals surface area (Å²) in [6.07, 6.45) is 5.03. The number of piperidine rings is 2. The van der Waals surface area contributed by atoms with Crippen LogP contribution < -0.4 is 15.4 Å². The molecule has 0 radical (unpaired) electrons. The third-order valence-electron chi connectivity index (χ3n) is 5.62. The van der Waals surface area contributed by atoms with Gasteiger partial charge < -0.3 is 20.3 Å². The Balaban J connectivity index is 1.50. The van der Waals surface area contributed by atoms with Crippen LogP contribution in [-0.4, -0.2) is 43.2 Å². The maximum absolute atomic E-state index is 12.6. The lowest BCUT2D eigenvalue weighted by molar-refractivity contribution is 0.146. The summed E-state index contributed by atoms with van der Waals surface area (Å²) in [5.74, 6) is 2.44. The van der Waals surface area contributed by atoms with Crippen molar-refractivity contribution in [2.45, 2.75) is 52.6 Å². The van der Waals surface area contributed by atoms with Crippen LogP contribution in [0.25, 0.3) is 0 Å². The molecule has 2 amide bonds. The Morgan fingerprint density at radius 1 is 1.23 bits per heavy atom. The number of hydrogen-bond donors (Lipinski definition) is 2. The van der Waals surface area contributed by atoms with Gasteiger partial charge in [-0.1, -0.05) is 0 Å². The van der Waals surface area contributed by atoms with Gasteiger partial charge in [0.25, 0.3) is 0 Å². The molecular weight excluding hydrogens is 326 g/mol. The third-order valence-corrected chi connectivity index (χ3v) is 5.62. The van der Waals surface area contributed by atoms with E-state index in [1.807, 2.05) is 43.9 Å². The Labute approximate surface area is 157 Å². The first-order valence-corrected chi connectivity index (χ1v) is 10.1. The third kappa shape index (κ3) is 4.91. The highest BCUT2D eigenvalue weighted by molar-refractivity contribution is 5.89. The molecule has 0 aromatic heterocycles. The van der Waals surface area contributed by atoms with Gasteiger partial charge in [-0.2, -0.15) is 0 Å². The lowest BCUT2D eigenvalue weighted by Crippen LogP contribution is -2.44. The zero-order chi connectivity index (χ0) is 18.5. The fourth-order valence-corrected chi connectivity index (χ4v) is 4.17. The van der Waals surface area contributed by atoms with Gasteiger partial charge in [0.1, 0.15) is 5.75 Å². The number of ether oxygens (including phenoxy) is 1. The lowest BCUT2D eigenvalue weighted by Gasteiger charge is -2.37. The number of rotatable bonds is 4. The first-order valence-electron chi connectivity index (χ1n) is 10.1. The molecule has 2 saturated heterocycles. The molecule has 26 heavy (non-hydrogen) atoms. The van der Waals surface area contributed by atoms with Crippen molar-refractivity contribution in [1.82, 2.24) is 10.2 Å². The standard InChI is InChI=1S/C21H33N3O2/c1-15(2)26-20-7-6-19(13-16(20)3)23-21(25)24-11-8-17(9-12-24)18-5-4-10-22-14-18/h6-7,13,15,17-18,22H,4-5,8-12,14H2,1-3H3,(H,23,25). The number of benzene rings is 1. The van der Waals surface area contributed by atoms with Crippen LogP contribution in [0, 0.1) is 18.8 Å². The molecule has 2 aliphatic rings. The van der Waals surface area contributed by atoms with Crippen molar-refractivity contribution in [3.05, 3.63) is 23.8 Å². The molecule has 2 aliphatic heterocycles. The minimum atomic E-state index is 0.0159. The lowest BCUT2D eigenvalue weighted by atomic mass is 9.80. The molecular formula is C21H33N3O2. The second-order valence-corrected chi connectivity index (χ2v) is 8.01. The van der Waals surface area contributed by atoms with Crippen LogP contribution in [0.1, 0.15) is 45.1 Å². The smallest absolute Gasteiger partial charge is 0.321 e. The van der Waals surface area contributed by atoms with Crippen LogP contribution in [0.2, 0.25) is 0 Å². The van der Waals surface area contributed by atoms with Gasteiger partial charge in [-0.25, -0.2) is 4.79 Å². The fraction of sp³-hybridized carbons (Fsp3) is 0.667. The normalized spacial score (nSPS) is 21.7. The van der Waals surface area contributed by atoms with Gasteiger partial charge in [0, 0.05) is 18.8 Å². The number of nitrogens with zero attached hydrogens (tertiary/aromatic N) is 1. The summed E-state index contributed by atoms with van der Waals surface area (Å²) in [6, 6.07) is 5.86. The molecule has 5 heteroatoms. The molecule has 2 heterocycles. The summed E-state index contributed by atoms with van der Waals surface area (Å²) < 4.78 is 5.76. The van der Waals surface area contributed by atoms with Crippen molar-refractivity contribution in [3.63, 3.8) is 0 Å². The van der Waals surface area contributed by atoms with Crippen molar-refractivity contribution >= 4 is 11.7 Å². The van der Waals surface area contributed by atoms with Crippen molar-refractivity contribution < 1.29 is 9.53 Å². The van der Waals surface area contributed by atoms with Crippen LogP contribution in [-0.2, 0) is 0 Å². The van der Waals surface area contributed by atoms with E-state index in [1.165, 1.54) is 12.8 Å². The van der Waals surface area contributed by atoms with Crippen LogP contribution in [0.4, 0.5) is 10.5 Å². The Kier molecular flexibility index (Phi) is 6.41. The van der Waals surface area contributed by atoms with Crippen molar-refractivity contribution in [2.75, 3.05) is 31.5 Å². The Hall–Kier alpha value is -1.75. The highest BCUT2D eigenvalue weighted by Crippen LogP contribution is 2.30. The Bertz CT molecular complexity index is 603. The van der Waals surface area contributed by atoms with Gasteiger partial charge in [-0.05, 0) is 95.1 Å². The fourth-order valence-electron chi connectivity index (χ4n) is 4.17. The van der Waals surface area contributed by atoms with Crippen LogP contribution in [0.15, 0.2) is 18.2 Å². The number of nitrogens with one attached hydrogen (secondary N) is 2. The second-order valence-electron chi connectivity index (χ2n) is 8.01. The molecule has 0 bridgehead atoms. The molecule has 1 aromatic rings. The molecule has 3 rings (SSSR count). The number of carbonyl (C=O) groups is 1. The van der Waals surface area contributed by atoms with Crippen molar-refractivity contribution in [1.29, 1.82) is 0 Å². The summed E-state index contributed by atoms with van der Waals surface area (Å²) in [5.41, 5.74) is 1.88. The molecule has 1 aromatic carbocycles. The number of likely N-dealkylation sites (tertiary alicyclic amines) is 1. The number of anilines is 1. The topological polar surface area (TPSA) is 53.6 Å². The maximum atomic E-state index is 12.6. The van der Waals surface area contributed by atoms with E-state index in [2.05, 4.69) is 10.6 Å². The van der Waals surface area contributed by atoms with E-state index < -0.39 is 0 Å². The van der Waals surface area contributed by atoms with Gasteiger partial charge >= 0.3 is 6.03 Å². The highest BCUT2D eigenvalue weighted by atomic mass is 16.5.